The Labute approximate surface area is 161 Å². The van der Waals surface area contributed by atoms with Crippen LogP contribution in [0.15, 0.2) is 36.5 Å². The minimum Gasteiger partial charge on any atom is -0.378 e. The predicted molar refractivity (Wildman–Crippen MR) is 109 cm³/mol. The lowest BCUT2D eigenvalue weighted by Crippen LogP contribution is -2.41. The van der Waals surface area contributed by atoms with Crippen LogP contribution in [0.5, 0.6) is 0 Å². The average molecular weight is 367 g/mol. The molecule has 0 radical (unpaired) electrons. The summed E-state index contributed by atoms with van der Waals surface area (Å²) in [4.78, 5) is 18.8. The number of carbonyl (C=O) groups excluding carboxylic acids is 1. The largest absolute Gasteiger partial charge is 0.378 e. The lowest BCUT2D eigenvalue weighted by molar-refractivity contribution is 0.0299. The number of nitrogens with zero attached hydrogens (tertiary/aromatic N) is 2. The molecule has 2 heterocycles. The molecule has 0 atom stereocenters. The van der Waals surface area contributed by atoms with Crippen LogP contribution in [0.2, 0.25) is 0 Å². The van der Waals surface area contributed by atoms with Crippen molar-refractivity contribution in [2.75, 3.05) is 31.6 Å². The summed E-state index contributed by atoms with van der Waals surface area (Å²) in [5.41, 5.74) is 5.04. The monoisotopic (exact) mass is 367 g/mol. The lowest BCUT2D eigenvalue weighted by atomic mass is 9.92. The van der Waals surface area contributed by atoms with Crippen molar-refractivity contribution in [1.82, 2.24) is 9.88 Å². The van der Waals surface area contributed by atoms with Gasteiger partial charge in [-0.2, -0.15) is 0 Å². The number of amides is 1. The maximum Gasteiger partial charge on any atom is 0.272 e. The standard InChI is InChI=1S/C22H29N3O2/c1-15(2)18-6-5-7-19(16(3)4)21(18)24-17-8-9-23-20(14-17)22(26)25-10-12-27-13-11-25/h5-9,14-16H,10-13H2,1-4H3,(H,23,24). The highest BCUT2D eigenvalue weighted by atomic mass is 16.5. The van der Waals surface area contributed by atoms with Gasteiger partial charge < -0.3 is 15.0 Å². The van der Waals surface area contributed by atoms with E-state index in [1.54, 1.807) is 11.1 Å². The number of benzene rings is 1. The molecule has 5 nitrogen and oxygen atoms in total. The van der Waals surface area contributed by atoms with E-state index < -0.39 is 0 Å². The summed E-state index contributed by atoms with van der Waals surface area (Å²) in [6.07, 6.45) is 1.70. The Morgan fingerprint density at radius 3 is 2.30 bits per heavy atom. The summed E-state index contributed by atoms with van der Waals surface area (Å²) in [6, 6.07) is 10.2. The van der Waals surface area contributed by atoms with Gasteiger partial charge in [-0.3, -0.25) is 9.78 Å². The van der Waals surface area contributed by atoms with Crippen molar-refractivity contribution in [2.24, 2.45) is 0 Å². The summed E-state index contributed by atoms with van der Waals surface area (Å²) in [6.45, 7) is 11.2. The molecule has 27 heavy (non-hydrogen) atoms. The van der Waals surface area contributed by atoms with Crippen molar-refractivity contribution in [3.63, 3.8) is 0 Å². The van der Waals surface area contributed by atoms with E-state index in [4.69, 9.17) is 4.74 Å². The summed E-state index contributed by atoms with van der Waals surface area (Å²) >= 11 is 0. The molecule has 2 aromatic rings. The van der Waals surface area contributed by atoms with Crippen molar-refractivity contribution >= 4 is 17.3 Å². The number of anilines is 2. The van der Waals surface area contributed by atoms with Gasteiger partial charge in [0.2, 0.25) is 0 Å². The third kappa shape index (κ3) is 4.48. The van der Waals surface area contributed by atoms with E-state index in [1.807, 2.05) is 12.1 Å². The third-order valence-corrected chi connectivity index (χ3v) is 4.92. The highest BCUT2D eigenvalue weighted by molar-refractivity contribution is 5.93. The van der Waals surface area contributed by atoms with Crippen LogP contribution in [0.25, 0.3) is 0 Å². The molecule has 0 aliphatic carbocycles. The van der Waals surface area contributed by atoms with Gasteiger partial charge in [-0.15, -0.1) is 0 Å². The average Bonchev–Trinajstić information content (AvgIpc) is 2.68. The van der Waals surface area contributed by atoms with Gasteiger partial charge >= 0.3 is 0 Å². The number of aromatic nitrogens is 1. The predicted octanol–water partition coefficient (Wildman–Crippen LogP) is 4.54. The molecular formula is C22H29N3O2. The Hall–Kier alpha value is -2.40. The van der Waals surface area contributed by atoms with Crippen LogP contribution in [0, 0.1) is 0 Å². The number of rotatable bonds is 5. The van der Waals surface area contributed by atoms with E-state index in [1.165, 1.54) is 11.1 Å². The van der Waals surface area contributed by atoms with Gasteiger partial charge in [0.25, 0.3) is 5.91 Å². The number of para-hydroxylation sites is 1. The molecule has 1 aliphatic heterocycles. The first-order chi connectivity index (χ1) is 13.0. The van der Waals surface area contributed by atoms with Crippen LogP contribution < -0.4 is 5.32 Å². The normalized spacial score (nSPS) is 14.7. The summed E-state index contributed by atoms with van der Waals surface area (Å²) in [5, 5.41) is 3.57. The van der Waals surface area contributed by atoms with Gasteiger partial charge in [-0.05, 0) is 35.1 Å². The summed E-state index contributed by atoms with van der Waals surface area (Å²) in [7, 11) is 0. The molecule has 1 aromatic carbocycles. The molecule has 0 spiro atoms. The highest BCUT2D eigenvalue weighted by Crippen LogP contribution is 2.34. The molecule has 0 bridgehead atoms. The van der Waals surface area contributed by atoms with Crippen LogP contribution >= 0.6 is 0 Å². The first kappa shape index (κ1) is 19.4. The highest BCUT2D eigenvalue weighted by Gasteiger charge is 2.20. The lowest BCUT2D eigenvalue weighted by Gasteiger charge is -2.26. The number of pyridine rings is 1. The number of ether oxygens (including phenoxy) is 1. The van der Waals surface area contributed by atoms with Crippen LogP contribution in [-0.2, 0) is 4.74 Å². The van der Waals surface area contributed by atoms with Crippen LogP contribution in [0.3, 0.4) is 0 Å². The van der Waals surface area contributed by atoms with Crippen molar-refractivity contribution in [1.29, 1.82) is 0 Å². The van der Waals surface area contributed by atoms with Crippen molar-refractivity contribution in [3.05, 3.63) is 53.3 Å². The van der Waals surface area contributed by atoms with Gasteiger partial charge in [0, 0.05) is 30.7 Å². The van der Waals surface area contributed by atoms with Crippen LogP contribution in [0.4, 0.5) is 11.4 Å². The van der Waals surface area contributed by atoms with Gasteiger partial charge in [-0.1, -0.05) is 45.9 Å². The van der Waals surface area contributed by atoms with Crippen molar-refractivity contribution in [2.45, 2.75) is 39.5 Å². The molecule has 144 valence electrons. The number of hydrogen-bond acceptors (Lipinski definition) is 4. The minimum atomic E-state index is -0.0387. The third-order valence-electron chi connectivity index (χ3n) is 4.92. The molecule has 0 saturated carbocycles. The van der Waals surface area contributed by atoms with E-state index in [0.717, 1.165) is 11.4 Å². The second-order valence-corrected chi connectivity index (χ2v) is 7.58. The second-order valence-electron chi connectivity index (χ2n) is 7.58. The molecule has 1 fully saturated rings. The first-order valence-electron chi connectivity index (χ1n) is 9.70. The zero-order valence-corrected chi connectivity index (χ0v) is 16.7. The van der Waals surface area contributed by atoms with Crippen LogP contribution in [-0.4, -0.2) is 42.1 Å². The Balaban J connectivity index is 1.89. The smallest absolute Gasteiger partial charge is 0.272 e. The molecule has 5 heteroatoms. The Bertz CT molecular complexity index is 770. The molecule has 1 amide bonds. The molecular weight excluding hydrogens is 338 g/mol. The zero-order valence-electron chi connectivity index (χ0n) is 16.7. The van der Waals surface area contributed by atoms with E-state index in [9.17, 15) is 4.79 Å². The summed E-state index contributed by atoms with van der Waals surface area (Å²) < 4.78 is 5.33. The van der Waals surface area contributed by atoms with E-state index in [0.29, 0.717) is 43.8 Å². The van der Waals surface area contributed by atoms with E-state index >= 15 is 0 Å². The maximum absolute atomic E-state index is 12.7. The topological polar surface area (TPSA) is 54.5 Å². The number of carbonyl (C=O) groups is 1. The number of hydrogen-bond donors (Lipinski definition) is 1. The van der Waals surface area contributed by atoms with Crippen LogP contribution in [0.1, 0.15) is 61.1 Å². The number of nitrogens with one attached hydrogen (secondary N) is 1. The molecule has 1 saturated heterocycles. The van der Waals surface area contributed by atoms with E-state index in [2.05, 4.69) is 56.2 Å². The Morgan fingerprint density at radius 1 is 1.07 bits per heavy atom. The molecule has 1 aliphatic rings. The minimum absolute atomic E-state index is 0.0387. The molecule has 0 unspecified atom stereocenters. The first-order valence-corrected chi connectivity index (χ1v) is 9.70. The fourth-order valence-electron chi connectivity index (χ4n) is 3.39. The Morgan fingerprint density at radius 2 is 1.70 bits per heavy atom. The second kappa shape index (κ2) is 8.53. The molecule has 1 N–H and O–H groups in total. The van der Waals surface area contributed by atoms with Crippen molar-refractivity contribution < 1.29 is 9.53 Å². The summed E-state index contributed by atoms with van der Waals surface area (Å²) in [5.74, 6) is 0.771. The number of morpholine rings is 1. The quantitative estimate of drug-likeness (QED) is 0.843. The fraction of sp³-hybridized carbons (Fsp3) is 0.455. The van der Waals surface area contributed by atoms with Gasteiger partial charge in [0.15, 0.2) is 0 Å². The maximum atomic E-state index is 12.7. The molecule has 1 aromatic heterocycles. The van der Waals surface area contributed by atoms with Gasteiger partial charge in [-0.25, -0.2) is 0 Å². The Kier molecular flexibility index (Phi) is 6.11. The molecule has 3 rings (SSSR count). The zero-order chi connectivity index (χ0) is 19.4. The van der Waals surface area contributed by atoms with E-state index in [-0.39, 0.29) is 5.91 Å². The fourth-order valence-corrected chi connectivity index (χ4v) is 3.39. The van der Waals surface area contributed by atoms with Gasteiger partial charge in [0.05, 0.1) is 13.2 Å². The van der Waals surface area contributed by atoms with Gasteiger partial charge in [0.1, 0.15) is 5.69 Å². The SMILES string of the molecule is CC(C)c1cccc(C(C)C)c1Nc1ccnc(C(=O)N2CCOCC2)c1. The van der Waals surface area contributed by atoms with Crippen molar-refractivity contribution in [3.8, 4) is 0 Å².